The zero-order chi connectivity index (χ0) is 13.7. The van der Waals surface area contributed by atoms with E-state index in [1.807, 2.05) is 37.9 Å². The number of anilines is 2. The molecule has 0 radical (unpaired) electrons. The summed E-state index contributed by atoms with van der Waals surface area (Å²) in [7, 11) is 3.28. The predicted octanol–water partition coefficient (Wildman–Crippen LogP) is 2.55. The fraction of sp³-hybridized carbons (Fsp3) is 0.357. The van der Waals surface area contributed by atoms with Crippen molar-refractivity contribution in [1.82, 2.24) is 0 Å². The minimum atomic E-state index is -0.474. The number of rotatable bonds is 3. The van der Waals surface area contributed by atoms with Crippen molar-refractivity contribution in [2.45, 2.75) is 13.8 Å². The molecule has 1 amide bonds. The Hall–Kier alpha value is -2.15. The molecule has 18 heavy (non-hydrogen) atoms. The molecular formula is C14H18N2O2. The van der Waals surface area contributed by atoms with Crippen LogP contribution in [-0.4, -0.2) is 26.8 Å². The number of benzene rings is 1. The Labute approximate surface area is 108 Å². The van der Waals surface area contributed by atoms with E-state index in [-0.39, 0.29) is 0 Å². The number of nitrogens with one attached hydrogen (secondary N) is 1. The number of ether oxygens (including phenoxy) is 1. The van der Waals surface area contributed by atoms with Crippen molar-refractivity contribution in [1.29, 1.82) is 0 Å². The van der Waals surface area contributed by atoms with Crippen molar-refractivity contribution in [3.8, 4) is 12.3 Å². The first-order valence-corrected chi connectivity index (χ1v) is 5.60. The molecule has 0 fully saturated rings. The molecule has 96 valence electrons. The summed E-state index contributed by atoms with van der Waals surface area (Å²) >= 11 is 0. The first-order valence-electron chi connectivity index (χ1n) is 5.60. The van der Waals surface area contributed by atoms with E-state index in [0.29, 0.717) is 6.54 Å². The van der Waals surface area contributed by atoms with Crippen molar-refractivity contribution in [2.75, 3.05) is 30.9 Å². The summed E-state index contributed by atoms with van der Waals surface area (Å²) in [5, 5.41) is 2.65. The molecule has 1 aromatic rings. The topological polar surface area (TPSA) is 41.6 Å². The molecule has 1 rings (SSSR count). The molecule has 4 nitrogen and oxygen atoms in total. The Bertz CT molecular complexity index is 466. The van der Waals surface area contributed by atoms with Gasteiger partial charge in [0.1, 0.15) is 0 Å². The quantitative estimate of drug-likeness (QED) is 0.833. The van der Waals surface area contributed by atoms with Crippen LogP contribution in [0.5, 0.6) is 0 Å². The van der Waals surface area contributed by atoms with Gasteiger partial charge in [-0.1, -0.05) is 5.92 Å². The average molecular weight is 246 g/mol. The van der Waals surface area contributed by atoms with Gasteiger partial charge in [-0.2, -0.15) is 0 Å². The van der Waals surface area contributed by atoms with Gasteiger partial charge in [0, 0.05) is 18.4 Å². The first kappa shape index (κ1) is 13.9. The van der Waals surface area contributed by atoms with Crippen LogP contribution in [0.2, 0.25) is 0 Å². The monoisotopic (exact) mass is 246 g/mol. The average Bonchev–Trinajstić information content (AvgIpc) is 2.28. The third-order valence-electron chi connectivity index (χ3n) is 2.63. The van der Waals surface area contributed by atoms with Crippen LogP contribution < -0.4 is 10.2 Å². The molecule has 0 aromatic heterocycles. The molecule has 0 aliphatic rings. The van der Waals surface area contributed by atoms with Gasteiger partial charge in [0.05, 0.1) is 13.7 Å². The number of hydrogen-bond acceptors (Lipinski definition) is 3. The summed E-state index contributed by atoms with van der Waals surface area (Å²) in [5.74, 6) is 2.61. The van der Waals surface area contributed by atoms with E-state index >= 15 is 0 Å². The molecule has 0 bridgehead atoms. The number of amides is 1. The van der Waals surface area contributed by atoms with Gasteiger partial charge in [0.25, 0.3) is 0 Å². The molecular weight excluding hydrogens is 228 g/mol. The minimum absolute atomic E-state index is 0.474. The second kappa shape index (κ2) is 5.97. The molecule has 0 heterocycles. The predicted molar refractivity (Wildman–Crippen MR) is 74.0 cm³/mol. The van der Waals surface area contributed by atoms with Gasteiger partial charge in [-0.25, -0.2) is 4.79 Å². The van der Waals surface area contributed by atoms with Crippen molar-refractivity contribution in [3.63, 3.8) is 0 Å². The lowest BCUT2D eigenvalue weighted by Crippen LogP contribution is -2.19. The molecule has 0 unspecified atom stereocenters. The molecule has 0 saturated heterocycles. The number of nitrogens with zero attached hydrogens (tertiary/aromatic N) is 1. The van der Waals surface area contributed by atoms with Crippen LogP contribution in [0.3, 0.4) is 0 Å². The van der Waals surface area contributed by atoms with Gasteiger partial charge in [-0.05, 0) is 37.1 Å². The summed E-state index contributed by atoms with van der Waals surface area (Å²) in [5.41, 5.74) is 3.91. The van der Waals surface area contributed by atoms with Crippen LogP contribution in [0.4, 0.5) is 16.2 Å². The van der Waals surface area contributed by atoms with Crippen LogP contribution in [0.15, 0.2) is 12.1 Å². The third-order valence-corrected chi connectivity index (χ3v) is 2.63. The van der Waals surface area contributed by atoms with Gasteiger partial charge in [-0.15, -0.1) is 6.42 Å². The number of methoxy groups -OCH3 is 1. The molecule has 4 heteroatoms. The van der Waals surface area contributed by atoms with Gasteiger partial charge < -0.3 is 9.64 Å². The second-order valence-corrected chi connectivity index (χ2v) is 4.14. The fourth-order valence-corrected chi connectivity index (χ4v) is 2.02. The Kier molecular flexibility index (Phi) is 4.61. The smallest absolute Gasteiger partial charge is 0.411 e. The van der Waals surface area contributed by atoms with Crippen LogP contribution in [0.1, 0.15) is 11.1 Å². The maximum absolute atomic E-state index is 11.2. The normalized spacial score (nSPS) is 9.50. The summed E-state index contributed by atoms with van der Waals surface area (Å²) in [4.78, 5) is 13.2. The van der Waals surface area contributed by atoms with Crippen LogP contribution in [0.25, 0.3) is 0 Å². The van der Waals surface area contributed by atoms with Crippen molar-refractivity contribution >= 4 is 17.5 Å². The van der Waals surface area contributed by atoms with Crippen molar-refractivity contribution in [3.05, 3.63) is 23.3 Å². The Morgan fingerprint density at radius 2 is 2.00 bits per heavy atom. The molecule has 1 N–H and O–H groups in total. The number of aryl methyl sites for hydroxylation is 2. The highest BCUT2D eigenvalue weighted by molar-refractivity contribution is 5.85. The van der Waals surface area contributed by atoms with Gasteiger partial charge in [0.2, 0.25) is 0 Å². The maximum atomic E-state index is 11.2. The van der Waals surface area contributed by atoms with E-state index in [0.717, 1.165) is 22.5 Å². The number of terminal acetylenes is 1. The lowest BCUT2D eigenvalue weighted by Gasteiger charge is -2.22. The molecule has 0 aliphatic carbocycles. The molecule has 0 spiro atoms. The lowest BCUT2D eigenvalue weighted by atomic mass is 10.1. The van der Waals surface area contributed by atoms with Crippen molar-refractivity contribution < 1.29 is 9.53 Å². The molecule has 0 atom stereocenters. The van der Waals surface area contributed by atoms with Gasteiger partial charge >= 0.3 is 6.09 Å². The van der Waals surface area contributed by atoms with Crippen molar-refractivity contribution in [2.24, 2.45) is 0 Å². The zero-order valence-electron chi connectivity index (χ0n) is 11.2. The third kappa shape index (κ3) is 3.17. The second-order valence-electron chi connectivity index (χ2n) is 4.14. The largest absolute Gasteiger partial charge is 0.453 e. The lowest BCUT2D eigenvalue weighted by molar-refractivity contribution is 0.187. The standard InChI is InChI=1S/C14H18N2O2/c1-6-7-16(4)13-10(2)8-12(9-11(13)3)15-14(17)18-5/h1,8-9H,7H2,2-5H3,(H,15,17). The summed E-state index contributed by atoms with van der Waals surface area (Å²) in [6, 6.07) is 3.79. The Balaban J connectivity index is 3.05. The zero-order valence-corrected chi connectivity index (χ0v) is 11.2. The minimum Gasteiger partial charge on any atom is -0.453 e. The fourth-order valence-electron chi connectivity index (χ4n) is 2.02. The molecule has 0 aliphatic heterocycles. The first-order chi connectivity index (χ1) is 8.49. The maximum Gasteiger partial charge on any atom is 0.411 e. The van der Waals surface area contributed by atoms with E-state index in [2.05, 4.69) is 16.0 Å². The van der Waals surface area contributed by atoms with E-state index in [9.17, 15) is 4.79 Å². The Morgan fingerprint density at radius 1 is 1.44 bits per heavy atom. The summed E-state index contributed by atoms with van der Waals surface area (Å²) in [6.07, 6.45) is 4.84. The molecule has 0 saturated carbocycles. The van der Waals surface area contributed by atoms with E-state index < -0.39 is 6.09 Å². The van der Waals surface area contributed by atoms with Gasteiger partial charge in [0.15, 0.2) is 0 Å². The number of carbonyl (C=O) groups is 1. The molecule has 1 aromatic carbocycles. The van der Waals surface area contributed by atoms with E-state index in [1.54, 1.807) is 0 Å². The summed E-state index contributed by atoms with van der Waals surface area (Å²) < 4.78 is 4.56. The highest BCUT2D eigenvalue weighted by Gasteiger charge is 2.10. The van der Waals surface area contributed by atoms with Crippen LogP contribution >= 0.6 is 0 Å². The number of hydrogen-bond donors (Lipinski definition) is 1. The number of carbonyl (C=O) groups excluding carboxylic acids is 1. The summed E-state index contributed by atoms with van der Waals surface area (Å²) in [6.45, 7) is 4.51. The highest BCUT2D eigenvalue weighted by atomic mass is 16.5. The van der Waals surface area contributed by atoms with Crippen LogP contribution in [-0.2, 0) is 4.74 Å². The van der Waals surface area contributed by atoms with Gasteiger partial charge in [-0.3, -0.25) is 5.32 Å². The van der Waals surface area contributed by atoms with E-state index in [4.69, 9.17) is 6.42 Å². The highest BCUT2D eigenvalue weighted by Crippen LogP contribution is 2.27. The van der Waals surface area contributed by atoms with E-state index in [1.165, 1.54) is 7.11 Å². The SMILES string of the molecule is C#CCN(C)c1c(C)cc(NC(=O)OC)cc1C. The van der Waals surface area contributed by atoms with Crippen LogP contribution in [0, 0.1) is 26.2 Å². The Morgan fingerprint density at radius 3 is 2.44 bits per heavy atom.